The number of hydrogen-bond acceptors (Lipinski definition) is 5. The lowest BCUT2D eigenvalue weighted by molar-refractivity contribution is -0.136. The first-order valence-electron chi connectivity index (χ1n) is 8.46. The molecule has 7 nitrogen and oxygen atoms in total. The number of ketones is 1. The molecule has 1 aromatic heterocycles. The number of carboxylic acid groups (broad SMARTS) is 1. The van der Waals surface area contributed by atoms with Gasteiger partial charge in [-0.3, -0.25) is 19.3 Å². The van der Waals surface area contributed by atoms with Crippen LogP contribution < -0.4 is 4.90 Å². The smallest absolute Gasteiger partial charge is 0.307 e. The maximum Gasteiger partial charge on any atom is 0.307 e. The summed E-state index contributed by atoms with van der Waals surface area (Å²) in [7, 11) is 0. The van der Waals surface area contributed by atoms with Crippen LogP contribution in [0.1, 0.15) is 31.2 Å². The minimum Gasteiger partial charge on any atom is -0.503 e. The number of aliphatic hydroxyl groups excluding tert-OH is 1. The summed E-state index contributed by atoms with van der Waals surface area (Å²) in [6, 6.07) is 8.75. The van der Waals surface area contributed by atoms with E-state index in [2.05, 4.69) is 0 Å². The van der Waals surface area contributed by atoms with Crippen molar-refractivity contribution in [3.05, 3.63) is 65.3 Å². The van der Waals surface area contributed by atoms with Crippen molar-refractivity contribution in [2.75, 3.05) is 4.90 Å². The molecule has 0 fully saturated rings. The van der Waals surface area contributed by atoms with Crippen molar-refractivity contribution >= 4 is 23.3 Å². The number of furan rings is 1. The zero-order valence-electron chi connectivity index (χ0n) is 14.9. The highest BCUT2D eigenvalue weighted by Gasteiger charge is 2.46. The van der Waals surface area contributed by atoms with Crippen LogP contribution in [0, 0.1) is 5.92 Å². The number of amides is 1. The zero-order valence-corrected chi connectivity index (χ0v) is 14.9. The van der Waals surface area contributed by atoms with Crippen molar-refractivity contribution in [2.24, 2.45) is 5.92 Å². The molecule has 140 valence electrons. The fraction of sp³-hybridized carbons (Fsp3) is 0.250. The monoisotopic (exact) mass is 369 g/mol. The van der Waals surface area contributed by atoms with E-state index in [1.807, 2.05) is 0 Å². The largest absolute Gasteiger partial charge is 0.503 e. The maximum atomic E-state index is 12.7. The summed E-state index contributed by atoms with van der Waals surface area (Å²) in [5, 5.41) is 19.3. The van der Waals surface area contributed by atoms with Gasteiger partial charge in [0.1, 0.15) is 11.8 Å². The topological polar surface area (TPSA) is 108 Å². The molecule has 0 bridgehead atoms. The third-order valence-corrected chi connectivity index (χ3v) is 4.38. The molecule has 1 aliphatic heterocycles. The first-order valence-corrected chi connectivity index (χ1v) is 8.46. The van der Waals surface area contributed by atoms with E-state index in [0.717, 1.165) is 0 Å². The number of aliphatic carboxylic acids is 1. The van der Waals surface area contributed by atoms with E-state index in [9.17, 15) is 19.5 Å². The van der Waals surface area contributed by atoms with Crippen molar-refractivity contribution in [2.45, 2.75) is 26.3 Å². The van der Waals surface area contributed by atoms with Crippen molar-refractivity contribution < 1.29 is 29.0 Å². The van der Waals surface area contributed by atoms with Gasteiger partial charge in [-0.2, -0.15) is 0 Å². The second-order valence-corrected chi connectivity index (χ2v) is 6.61. The molecule has 0 saturated heterocycles. The molecule has 1 unspecified atom stereocenters. The summed E-state index contributed by atoms with van der Waals surface area (Å²) in [5.41, 5.74) is 0.997. The molecule has 0 saturated carbocycles. The Morgan fingerprint density at radius 2 is 1.85 bits per heavy atom. The Kier molecular flexibility index (Phi) is 4.85. The number of benzene rings is 1. The quantitative estimate of drug-likeness (QED) is 0.810. The van der Waals surface area contributed by atoms with Gasteiger partial charge in [0.25, 0.3) is 5.91 Å². The molecule has 7 heteroatoms. The number of rotatable bonds is 6. The Hall–Kier alpha value is -3.35. The summed E-state index contributed by atoms with van der Waals surface area (Å²) in [6.45, 7) is 3.38. The SMILES string of the molecule is CC(C)C(=O)C1=C(O)C(=O)N(c2ccc(CC(=O)O)cc2)C1c1ccco1. The number of nitrogens with zero attached hydrogens (tertiary/aromatic N) is 1. The van der Waals surface area contributed by atoms with Gasteiger partial charge in [0.2, 0.25) is 0 Å². The molecule has 0 aliphatic carbocycles. The highest BCUT2D eigenvalue weighted by Crippen LogP contribution is 2.41. The van der Waals surface area contributed by atoms with Gasteiger partial charge < -0.3 is 14.6 Å². The fourth-order valence-corrected chi connectivity index (χ4v) is 3.10. The minimum absolute atomic E-state index is 0.000405. The van der Waals surface area contributed by atoms with Crippen LogP contribution in [-0.4, -0.2) is 27.9 Å². The molecule has 0 spiro atoms. The van der Waals surface area contributed by atoms with E-state index < -0.39 is 29.6 Å². The number of Topliss-reactive ketones (excluding diaryl/α,β-unsaturated/α-hetero) is 1. The summed E-state index contributed by atoms with van der Waals surface area (Å²) in [5.74, 6) is -2.66. The predicted octanol–water partition coefficient (Wildman–Crippen LogP) is 3.03. The first-order chi connectivity index (χ1) is 12.8. The van der Waals surface area contributed by atoms with Gasteiger partial charge in [-0.15, -0.1) is 0 Å². The lowest BCUT2D eigenvalue weighted by Gasteiger charge is -2.25. The van der Waals surface area contributed by atoms with Crippen molar-refractivity contribution in [3.63, 3.8) is 0 Å². The Morgan fingerprint density at radius 1 is 1.19 bits per heavy atom. The molecule has 1 amide bonds. The van der Waals surface area contributed by atoms with Gasteiger partial charge in [0.15, 0.2) is 11.5 Å². The Morgan fingerprint density at radius 3 is 2.37 bits per heavy atom. The Labute approximate surface area is 155 Å². The summed E-state index contributed by atoms with van der Waals surface area (Å²) < 4.78 is 5.43. The minimum atomic E-state index is -0.961. The van der Waals surface area contributed by atoms with E-state index in [0.29, 0.717) is 17.0 Å². The van der Waals surface area contributed by atoms with Crippen LogP contribution in [0.15, 0.2) is 58.4 Å². The normalized spacial score (nSPS) is 17.1. The van der Waals surface area contributed by atoms with Gasteiger partial charge in [-0.25, -0.2) is 0 Å². The summed E-state index contributed by atoms with van der Waals surface area (Å²) in [4.78, 5) is 37.5. The summed E-state index contributed by atoms with van der Waals surface area (Å²) in [6.07, 6.45) is 1.29. The second-order valence-electron chi connectivity index (χ2n) is 6.61. The molecule has 2 aromatic rings. The molecule has 27 heavy (non-hydrogen) atoms. The zero-order chi connectivity index (χ0) is 19.7. The highest BCUT2D eigenvalue weighted by molar-refractivity contribution is 6.16. The molecule has 1 aromatic carbocycles. The van der Waals surface area contributed by atoms with E-state index in [1.54, 1.807) is 50.2 Å². The predicted molar refractivity (Wildman–Crippen MR) is 96.2 cm³/mol. The summed E-state index contributed by atoms with van der Waals surface area (Å²) >= 11 is 0. The molecule has 2 heterocycles. The van der Waals surface area contributed by atoms with Gasteiger partial charge >= 0.3 is 5.97 Å². The van der Waals surface area contributed by atoms with Crippen molar-refractivity contribution in [1.29, 1.82) is 0 Å². The van der Waals surface area contributed by atoms with E-state index in [1.165, 1.54) is 11.2 Å². The van der Waals surface area contributed by atoms with Crippen LogP contribution in [0.5, 0.6) is 0 Å². The third-order valence-electron chi connectivity index (χ3n) is 4.38. The third kappa shape index (κ3) is 3.36. The lowest BCUT2D eigenvalue weighted by atomic mass is 9.94. The molecule has 0 radical (unpaired) electrons. The van der Waals surface area contributed by atoms with Crippen LogP contribution in [0.4, 0.5) is 5.69 Å². The van der Waals surface area contributed by atoms with Gasteiger partial charge in [0.05, 0.1) is 18.3 Å². The number of hydrogen-bond donors (Lipinski definition) is 2. The van der Waals surface area contributed by atoms with Crippen LogP contribution in [0.25, 0.3) is 0 Å². The van der Waals surface area contributed by atoms with E-state index in [4.69, 9.17) is 9.52 Å². The fourth-order valence-electron chi connectivity index (χ4n) is 3.10. The van der Waals surface area contributed by atoms with Crippen molar-refractivity contribution in [3.8, 4) is 0 Å². The Balaban J connectivity index is 2.05. The van der Waals surface area contributed by atoms with E-state index >= 15 is 0 Å². The Bertz CT molecular complexity index is 908. The maximum absolute atomic E-state index is 12.7. The second kappa shape index (κ2) is 7.11. The van der Waals surface area contributed by atoms with Crippen LogP contribution in [-0.2, 0) is 20.8 Å². The number of aliphatic hydroxyl groups is 1. The average Bonchev–Trinajstić information content (AvgIpc) is 3.22. The number of carbonyl (C=O) groups excluding carboxylic acids is 2. The van der Waals surface area contributed by atoms with Gasteiger partial charge in [0, 0.05) is 11.6 Å². The van der Waals surface area contributed by atoms with Crippen LogP contribution in [0.3, 0.4) is 0 Å². The molecule has 3 rings (SSSR count). The number of carboxylic acids is 1. The van der Waals surface area contributed by atoms with Crippen molar-refractivity contribution in [1.82, 2.24) is 0 Å². The van der Waals surface area contributed by atoms with Gasteiger partial charge in [-0.1, -0.05) is 26.0 Å². The molecule has 1 aliphatic rings. The molecule has 2 N–H and O–H groups in total. The van der Waals surface area contributed by atoms with E-state index in [-0.39, 0.29) is 17.8 Å². The lowest BCUT2D eigenvalue weighted by Crippen LogP contribution is -2.31. The average molecular weight is 369 g/mol. The number of carbonyl (C=O) groups is 3. The van der Waals surface area contributed by atoms with Crippen LogP contribution >= 0.6 is 0 Å². The van der Waals surface area contributed by atoms with Gasteiger partial charge in [-0.05, 0) is 29.8 Å². The highest BCUT2D eigenvalue weighted by atomic mass is 16.4. The number of anilines is 1. The molecular formula is C20H19NO6. The first kappa shape index (κ1) is 18.4. The molecular weight excluding hydrogens is 350 g/mol. The van der Waals surface area contributed by atoms with Crippen LogP contribution in [0.2, 0.25) is 0 Å². The standard InChI is InChI=1S/C20H19NO6/c1-11(2)18(24)16-17(14-4-3-9-27-14)21(20(26)19(16)25)13-7-5-12(6-8-13)10-15(22)23/h3-9,11,17,25H,10H2,1-2H3,(H,22,23). The molecule has 1 atom stereocenters.